The van der Waals surface area contributed by atoms with Gasteiger partial charge in [-0.1, -0.05) is 6.92 Å². The molecule has 1 N–H and O–H groups in total. The van der Waals surface area contributed by atoms with Gasteiger partial charge in [-0.05, 0) is 30.4 Å². The minimum atomic E-state index is -0.602. The highest BCUT2D eigenvalue weighted by atomic mass is 19.1. The number of rotatable bonds is 4. The minimum absolute atomic E-state index is 0.0561. The zero-order valence-electron chi connectivity index (χ0n) is 10.8. The number of ether oxygens (including phenoxy) is 1. The highest BCUT2D eigenvalue weighted by molar-refractivity contribution is 5.61. The van der Waals surface area contributed by atoms with Gasteiger partial charge in [0.05, 0.1) is 11.0 Å². The fraction of sp³-hybridized carbons (Fsp3) is 0.538. The molecule has 0 unspecified atom stereocenters. The molecule has 0 atom stereocenters. The van der Waals surface area contributed by atoms with Crippen molar-refractivity contribution in [2.24, 2.45) is 5.41 Å². The van der Waals surface area contributed by atoms with E-state index in [-0.39, 0.29) is 11.1 Å². The predicted octanol–water partition coefficient (Wildman–Crippen LogP) is 2.96. The first kappa shape index (κ1) is 13.7. The lowest BCUT2D eigenvalue weighted by atomic mass is 9.82. The molecule has 0 amide bonds. The summed E-state index contributed by atoms with van der Waals surface area (Å²) in [5, 5.41) is 14.0. The van der Waals surface area contributed by atoms with Crippen molar-refractivity contribution in [3.8, 4) is 0 Å². The number of hydrogen-bond donors (Lipinski definition) is 1. The Balaban J connectivity index is 2.08. The first-order chi connectivity index (χ1) is 9.00. The number of halogens is 1. The number of nitrogens with one attached hydrogen (secondary N) is 1. The average Bonchev–Trinajstić information content (AvgIpc) is 2.38. The van der Waals surface area contributed by atoms with Crippen molar-refractivity contribution in [3.63, 3.8) is 0 Å². The number of anilines is 1. The molecule has 0 spiro atoms. The van der Waals surface area contributed by atoms with Crippen LogP contribution in [0.4, 0.5) is 15.8 Å². The van der Waals surface area contributed by atoms with Gasteiger partial charge in [-0.3, -0.25) is 10.1 Å². The maximum atomic E-state index is 13.0. The monoisotopic (exact) mass is 268 g/mol. The Morgan fingerprint density at radius 3 is 2.79 bits per heavy atom. The first-order valence-electron chi connectivity index (χ1n) is 6.26. The molecule has 104 valence electrons. The van der Waals surface area contributed by atoms with Crippen molar-refractivity contribution < 1.29 is 14.1 Å². The van der Waals surface area contributed by atoms with Crippen LogP contribution in [0.1, 0.15) is 19.8 Å². The third-order valence-corrected chi connectivity index (χ3v) is 3.56. The van der Waals surface area contributed by atoms with Crippen LogP contribution in [0, 0.1) is 21.3 Å². The van der Waals surface area contributed by atoms with Gasteiger partial charge >= 0.3 is 0 Å². The molecule has 6 heteroatoms. The zero-order valence-corrected chi connectivity index (χ0v) is 10.8. The molecule has 5 nitrogen and oxygen atoms in total. The van der Waals surface area contributed by atoms with E-state index in [9.17, 15) is 14.5 Å². The van der Waals surface area contributed by atoms with Gasteiger partial charge < -0.3 is 10.1 Å². The van der Waals surface area contributed by atoms with Crippen LogP contribution in [0.2, 0.25) is 0 Å². The van der Waals surface area contributed by atoms with Crippen molar-refractivity contribution in [1.29, 1.82) is 0 Å². The number of benzene rings is 1. The third kappa shape index (κ3) is 3.41. The Morgan fingerprint density at radius 1 is 1.47 bits per heavy atom. The van der Waals surface area contributed by atoms with Crippen molar-refractivity contribution in [3.05, 3.63) is 34.1 Å². The van der Waals surface area contributed by atoms with Gasteiger partial charge in [-0.25, -0.2) is 4.39 Å². The highest BCUT2D eigenvalue weighted by Gasteiger charge is 2.28. The lowest BCUT2D eigenvalue weighted by molar-refractivity contribution is -0.384. The fourth-order valence-electron chi connectivity index (χ4n) is 2.15. The predicted molar refractivity (Wildman–Crippen MR) is 69.7 cm³/mol. The molecule has 1 fully saturated rings. The third-order valence-electron chi connectivity index (χ3n) is 3.56. The van der Waals surface area contributed by atoms with E-state index in [0.29, 0.717) is 25.4 Å². The van der Waals surface area contributed by atoms with Crippen molar-refractivity contribution in [2.75, 3.05) is 25.1 Å². The quantitative estimate of drug-likeness (QED) is 0.673. The Hall–Kier alpha value is -1.69. The molecule has 2 rings (SSSR count). The van der Waals surface area contributed by atoms with E-state index < -0.39 is 10.7 Å². The van der Waals surface area contributed by atoms with E-state index in [0.717, 1.165) is 18.9 Å². The molecule has 19 heavy (non-hydrogen) atoms. The second kappa shape index (κ2) is 5.52. The lowest BCUT2D eigenvalue weighted by Crippen LogP contribution is -2.33. The van der Waals surface area contributed by atoms with Crippen molar-refractivity contribution in [1.82, 2.24) is 0 Å². The standard InChI is InChI=1S/C13H17FN2O3/c1-13(4-6-19-7-5-13)9-15-11-3-2-10(14)8-12(11)16(17)18/h2-3,8,15H,4-7,9H2,1H3. The summed E-state index contributed by atoms with van der Waals surface area (Å²) in [5.41, 5.74) is 0.190. The van der Waals surface area contributed by atoms with Gasteiger partial charge in [0.25, 0.3) is 5.69 Å². The molecular weight excluding hydrogens is 251 g/mol. The Bertz CT molecular complexity index is 473. The molecule has 1 aromatic carbocycles. The summed E-state index contributed by atoms with van der Waals surface area (Å²) in [7, 11) is 0. The van der Waals surface area contributed by atoms with Gasteiger partial charge in [-0.15, -0.1) is 0 Å². The molecule has 1 saturated heterocycles. The summed E-state index contributed by atoms with van der Waals surface area (Å²) in [6.07, 6.45) is 1.82. The summed E-state index contributed by atoms with van der Waals surface area (Å²) in [6, 6.07) is 3.58. The van der Waals surface area contributed by atoms with E-state index in [2.05, 4.69) is 12.2 Å². The van der Waals surface area contributed by atoms with Gasteiger partial charge in [0, 0.05) is 19.8 Å². The van der Waals surface area contributed by atoms with Gasteiger partial charge in [0.15, 0.2) is 0 Å². The van der Waals surface area contributed by atoms with E-state index in [1.807, 2.05) is 0 Å². The van der Waals surface area contributed by atoms with E-state index >= 15 is 0 Å². The first-order valence-corrected chi connectivity index (χ1v) is 6.26. The van der Waals surface area contributed by atoms with Crippen LogP contribution in [0.25, 0.3) is 0 Å². The summed E-state index contributed by atoms with van der Waals surface area (Å²) >= 11 is 0. The highest BCUT2D eigenvalue weighted by Crippen LogP contribution is 2.32. The van der Waals surface area contributed by atoms with Gasteiger partial charge in [-0.2, -0.15) is 0 Å². The Morgan fingerprint density at radius 2 is 2.16 bits per heavy atom. The van der Waals surface area contributed by atoms with Crippen LogP contribution in [0.15, 0.2) is 18.2 Å². The van der Waals surface area contributed by atoms with Crippen molar-refractivity contribution >= 4 is 11.4 Å². The van der Waals surface area contributed by atoms with Crippen LogP contribution in [0.5, 0.6) is 0 Å². The molecule has 1 aromatic rings. The second-order valence-corrected chi connectivity index (χ2v) is 5.20. The van der Waals surface area contributed by atoms with Gasteiger partial charge in [0.1, 0.15) is 11.5 Å². The van der Waals surface area contributed by atoms with E-state index in [4.69, 9.17) is 4.74 Å². The SMILES string of the molecule is CC1(CNc2ccc(F)cc2[N+](=O)[O-])CCOCC1. The van der Waals surface area contributed by atoms with E-state index in [1.165, 1.54) is 12.1 Å². The second-order valence-electron chi connectivity index (χ2n) is 5.20. The molecule has 0 bridgehead atoms. The summed E-state index contributed by atoms with van der Waals surface area (Å²) < 4.78 is 18.3. The van der Waals surface area contributed by atoms with Crippen LogP contribution >= 0.6 is 0 Å². The normalized spacial score (nSPS) is 18.0. The van der Waals surface area contributed by atoms with Crippen LogP contribution in [-0.2, 0) is 4.74 Å². The number of nitrogens with zero attached hydrogens (tertiary/aromatic N) is 1. The molecule has 0 saturated carbocycles. The van der Waals surface area contributed by atoms with Gasteiger partial charge in [0.2, 0.25) is 0 Å². The summed E-state index contributed by atoms with van der Waals surface area (Å²) in [4.78, 5) is 10.3. The van der Waals surface area contributed by atoms with Crippen LogP contribution < -0.4 is 5.32 Å². The maximum Gasteiger partial charge on any atom is 0.295 e. The van der Waals surface area contributed by atoms with Crippen molar-refractivity contribution in [2.45, 2.75) is 19.8 Å². The van der Waals surface area contributed by atoms with Crippen LogP contribution in [-0.4, -0.2) is 24.7 Å². The molecule has 0 aliphatic carbocycles. The minimum Gasteiger partial charge on any atom is -0.381 e. The molecule has 0 radical (unpaired) electrons. The van der Waals surface area contributed by atoms with Crippen LogP contribution in [0.3, 0.4) is 0 Å². The average molecular weight is 268 g/mol. The maximum absolute atomic E-state index is 13.0. The summed E-state index contributed by atoms with van der Waals surface area (Å²) in [6.45, 7) is 4.16. The molecule has 0 aromatic heterocycles. The number of nitro groups is 1. The Kier molecular flexibility index (Phi) is 3.99. The molecular formula is C13H17FN2O3. The van der Waals surface area contributed by atoms with E-state index in [1.54, 1.807) is 0 Å². The number of nitro benzene ring substituents is 1. The smallest absolute Gasteiger partial charge is 0.295 e. The summed E-state index contributed by atoms with van der Waals surface area (Å²) in [5.74, 6) is -0.602. The fourth-order valence-corrected chi connectivity index (χ4v) is 2.15. The largest absolute Gasteiger partial charge is 0.381 e. The zero-order chi connectivity index (χ0) is 13.9. The molecule has 1 aliphatic heterocycles. The Labute approximate surface area is 110 Å². The topological polar surface area (TPSA) is 64.4 Å². The lowest BCUT2D eigenvalue weighted by Gasteiger charge is -2.33. The molecule has 1 aliphatic rings. The molecule has 1 heterocycles. The number of hydrogen-bond acceptors (Lipinski definition) is 4.